The fourth-order valence-corrected chi connectivity index (χ4v) is 2.24. The average Bonchev–Trinajstić information content (AvgIpc) is 2.54. The van der Waals surface area contributed by atoms with Crippen LogP contribution in [0.1, 0.15) is 33.6 Å². The van der Waals surface area contributed by atoms with Crippen LogP contribution in [0, 0.1) is 5.41 Å². The Morgan fingerprint density at radius 1 is 1.53 bits per heavy atom. The van der Waals surface area contributed by atoms with Crippen LogP contribution in [0.25, 0.3) is 0 Å². The van der Waals surface area contributed by atoms with Crippen LogP contribution in [-0.2, 0) is 4.74 Å². The Hall–Kier alpha value is -0.770. The van der Waals surface area contributed by atoms with E-state index in [1.54, 1.807) is 0 Å². The smallest absolute Gasteiger partial charge is 0.407 e. The van der Waals surface area contributed by atoms with Gasteiger partial charge in [-0.1, -0.05) is 0 Å². The highest BCUT2D eigenvalue weighted by Crippen LogP contribution is 2.50. The predicted molar refractivity (Wildman–Crippen MR) is 57.7 cm³/mol. The summed E-state index contributed by atoms with van der Waals surface area (Å²) in [5.74, 6) is 0. The first kappa shape index (κ1) is 10.7. The van der Waals surface area contributed by atoms with Crippen molar-refractivity contribution in [1.29, 1.82) is 0 Å². The largest absolute Gasteiger partial charge is 0.444 e. The molecule has 2 fully saturated rings. The summed E-state index contributed by atoms with van der Waals surface area (Å²) in [5, 5.41) is 6.28. The van der Waals surface area contributed by atoms with Crippen molar-refractivity contribution in [3.8, 4) is 0 Å². The SMILES string of the molecule is CC(C)(C)OC(=O)N[C@@H]1C[C@]12CCNC2. The molecule has 2 N–H and O–H groups in total. The molecule has 2 aliphatic rings. The lowest BCUT2D eigenvalue weighted by Crippen LogP contribution is -2.36. The molecule has 1 amide bonds. The van der Waals surface area contributed by atoms with Crippen LogP contribution in [0.2, 0.25) is 0 Å². The number of ether oxygens (including phenoxy) is 1. The van der Waals surface area contributed by atoms with E-state index in [9.17, 15) is 4.79 Å². The van der Waals surface area contributed by atoms with E-state index in [0.29, 0.717) is 11.5 Å². The minimum absolute atomic E-state index is 0.281. The lowest BCUT2D eigenvalue weighted by molar-refractivity contribution is 0.0517. The average molecular weight is 212 g/mol. The molecule has 15 heavy (non-hydrogen) atoms. The molecule has 0 bridgehead atoms. The zero-order valence-electron chi connectivity index (χ0n) is 9.72. The van der Waals surface area contributed by atoms with Gasteiger partial charge in [-0.2, -0.15) is 0 Å². The van der Waals surface area contributed by atoms with E-state index in [-0.39, 0.29) is 6.09 Å². The van der Waals surface area contributed by atoms with E-state index in [0.717, 1.165) is 19.5 Å². The van der Waals surface area contributed by atoms with Crippen molar-refractivity contribution in [2.24, 2.45) is 5.41 Å². The van der Waals surface area contributed by atoms with Crippen molar-refractivity contribution in [2.45, 2.75) is 45.3 Å². The summed E-state index contributed by atoms with van der Waals surface area (Å²) in [6.45, 7) is 7.76. The number of hydrogen-bond donors (Lipinski definition) is 2. The van der Waals surface area contributed by atoms with Gasteiger partial charge < -0.3 is 15.4 Å². The molecule has 4 nitrogen and oxygen atoms in total. The summed E-state index contributed by atoms with van der Waals surface area (Å²) in [7, 11) is 0. The van der Waals surface area contributed by atoms with Crippen LogP contribution >= 0.6 is 0 Å². The first-order valence-electron chi connectivity index (χ1n) is 5.62. The van der Waals surface area contributed by atoms with E-state index < -0.39 is 5.60 Å². The maximum Gasteiger partial charge on any atom is 0.407 e. The standard InChI is InChI=1S/C11H20N2O2/c1-10(2,3)15-9(14)13-8-6-11(8)4-5-12-7-11/h8,12H,4-7H2,1-3H3,(H,13,14)/t8-,11+/m1/s1. The molecular formula is C11H20N2O2. The molecule has 4 heteroatoms. The Kier molecular flexibility index (Phi) is 2.41. The zero-order chi connectivity index (χ0) is 11.1. The first-order valence-corrected chi connectivity index (χ1v) is 5.62. The summed E-state index contributed by atoms with van der Waals surface area (Å²) in [5.41, 5.74) is -0.0586. The third-order valence-corrected chi connectivity index (χ3v) is 3.16. The molecular weight excluding hydrogens is 192 g/mol. The van der Waals surface area contributed by atoms with Gasteiger partial charge in [0, 0.05) is 18.0 Å². The number of carbonyl (C=O) groups is 1. The Morgan fingerprint density at radius 2 is 2.27 bits per heavy atom. The van der Waals surface area contributed by atoms with Gasteiger partial charge in [0.2, 0.25) is 0 Å². The van der Waals surface area contributed by atoms with Crippen molar-refractivity contribution < 1.29 is 9.53 Å². The Labute approximate surface area is 90.8 Å². The quantitative estimate of drug-likeness (QED) is 0.688. The van der Waals surface area contributed by atoms with Crippen molar-refractivity contribution in [1.82, 2.24) is 10.6 Å². The van der Waals surface area contributed by atoms with Crippen LogP contribution in [0.15, 0.2) is 0 Å². The van der Waals surface area contributed by atoms with Gasteiger partial charge in [0.15, 0.2) is 0 Å². The normalized spacial score (nSPS) is 34.2. The van der Waals surface area contributed by atoms with Crippen molar-refractivity contribution in [2.75, 3.05) is 13.1 Å². The summed E-state index contributed by atoms with van der Waals surface area (Å²) >= 11 is 0. The van der Waals surface area contributed by atoms with Crippen LogP contribution in [-0.4, -0.2) is 30.8 Å². The minimum atomic E-state index is -0.403. The van der Waals surface area contributed by atoms with Crippen LogP contribution < -0.4 is 10.6 Å². The molecule has 1 aliphatic heterocycles. The first-order chi connectivity index (χ1) is 6.91. The van der Waals surface area contributed by atoms with Gasteiger partial charge in [-0.25, -0.2) is 4.79 Å². The van der Waals surface area contributed by atoms with E-state index in [4.69, 9.17) is 4.74 Å². The Balaban J connectivity index is 1.77. The molecule has 0 aromatic rings. The highest BCUT2D eigenvalue weighted by Gasteiger charge is 2.56. The minimum Gasteiger partial charge on any atom is -0.444 e. The van der Waals surface area contributed by atoms with Gasteiger partial charge >= 0.3 is 6.09 Å². The number of alkyl carbamates (subject to hydrolysis) is 1. The number of rotatable bonds is 1. The van der Waals surface area contributed by atoms with Gasteiger partial charge in [0.1, 0.15) is 5.60 Å². The summed E-state index contributed by atoms with van der Waals surface area (Å²) in [6, 6.07) is 0.322. The second-order valence-corrected chi connectivity index (χ2v) is 5.69. The number of amides is 1. The van der Waals surface area contributed by atoms with Gasteiger partial charge in [-0.15, -0.1) is 0 Å². The van der Waals surface area contributed by atoms with E-state index in [1.165, 1.54) is 6.42 Å². The third kappa shape index (κ3) is 2.43. The molecule has 0 unspecified atom stereocenters. The van der Waals surface area contributed by atoms with Gasteiger partial charge in [-0.05, 0) is 40.2 Å². The fourth-order valence-electron chi connectivity index (χ4n) is 2.24. The van der Waals surface area contributed by atoms with Crippen LogP contribution in [0.4, 0.5) is 4.79 Å². The third-order valence-electron chi connectivity index (χ3n) is 3.16. The molecule has 0 radical (unpaired) electrons. The van der Waals surface area contributed by atoms with E-state index in [2.05, 4.69) is 10.6 Å². The molecule has 1 aliphatic carbocycles. The van der Waals surface area contributed by atoms with Crippen LogP contribution in [0.3, 0.4) is 0 Å². The number of hydrogen-bond acceptors (Lipinski definition) is 3. The molecule has 1 saturated carbocycles. The molecule has 0 aromatic carbocycles. The van der Waals surface area contributed by atoms with Gasteiger partial charge in [-0.3, -0.25) is 0 Å². The van der Waals surface area contributed by atoms with Crippen molar-refractivity contribution in [3.05, 3.63) is 0 Å². The fraction of sp³-hybridized carbons (Fsp3) is 0.909. The van der Waals surface area contributed by atoms with Crippen molar-refractivity contribution >= 4 is 6.09 Å². The second kappa shape index (κ2) is 3.37. The van der Waals surface area contributed by atoms with E-state index >= 15 is 0 Å². The summed E-state index contributed by atoms with van der Waals surface area (Å²) < 4.78 is 5.22. The van der Waals surface area contributed by atoms with Gasteiger partial charge in [0.25, 0.3) is 0 Å². The summed E-state index contributed by atoms with van der Waals surface area (Å²) in [4.78, 5) is 11.5. The highest BCUT2D eigenvalue weighted by atomic mass is 16.6. The number of carbonyl (C=O) groups excluding carboxylic acids is 1. The lowest BCUT2D eigenvalue weighted by atomic mass is 10.1. The molecule has 1 saturated heterocycles. The zero-order valence-corrected chi connectivity index (χ0v) is 9.72. The maximum atomic E-state index is 11.5. The second-order valence-electron chi connectivity index (χ2n) is 5.69. The molecule has 86 valence electrons. The number of nitrogens with one attached hydrogen (secondary N) is 2. The van der Waals surface area contributed by atoms with E-state index in [1.807, 2.05) is 20.8 Å². The molecule has 2 rings (SSSR count). The molecule has 2 atom stereocenters. The van der Waals surface area contributed by atoms with Gasteiger partial charge in [0.05, 0.1) is 0 Å². The molecule has 1 spiro atoms. The monoisotopic (exact) mass is 212 g/mol. The topological polar surface area (TPSA) is 50.4 Å². The Bertz CT molecular complexity index is 264. The predicted octanol–water partition coefficient (Wildman–Crippen LogP) is 1.26. The Morgan fingerprint density at radius 3 is 2.80 bits per heavy atom. The molecule has 1 heterocycles. The highest BCUT2D eigenvalue weighted by molar-refractivity contribution is 5.68. The van der Waals surface area contributed by atoms with Crippen LogP contribution in [0.5, 0.6) is 0 Å². The molecule has 0 aromatic heterocycles. The lowest BCUT2D eigenvalue weighted by Gasteiger charge is -2.20. The maximum absolute atomic E-state index is 11.5. The van der Waals surface area contributed by atoms with Crippen molar-refractivity contribution in [3.63, 3.8) is 0 Å². The summed E-state index contributed by atoms with van der Waals surface area (Å²) in [6.07, 6.45) is 1.99.